The lowest BCUT2D eigenvalue weighted by molar-refractivity contribution is -0.0178. The van der Waals surface area contributed by atoms with Gasteiger partial charge in [0.25, 0.3) is 0 Å². The molecule has 1 amide bonds. The second kappa shape index (κ2) is 22.2. The van der Waals surface area contributed by atoms with Gasteiger partial charge in [-0.2, -0.15) is 0 Å². The fraction of sp³-hybridized carbons (Fsp3) is 0.750. The van der Waals surface area contributed by atoms with Crippen molar-refractivity contribution in [2.75, 3.05) is 92.4 Å². The fourth-order valence-corrected chi connectivity index (χ4v) is 3.80. The van der Waals surface area contributed by atoms with E-state index in [4.69, 9.17) is 37.6 Å². The second-order valence-electron chi connectivity index (χ2n) is 10.3. The molecule has 0 radical (unpaired) electrons. The molecule has 0 aliphatic carbocycles. The molecule has 1 rings (SSSR count). The topological polar surface area (TPSA) is 103 Å². The average Bonchev–Trinajstić information content (AvgIpc) is 2.90. The minimum absolute atomic E-state index is 0.216. The summed E-state index contributed by atoms with van der Waals surface area (Å²) in [5.74, 6) is 0. The summed E-state index contributed by atoms with van der Waals surface area (Å²) in [4.78, 5) is 11.6. The maximum absolute atomic E-state index is 11.6. The second-order valence-corrected chi connectivity index (χ2v) is 15.1. The monoisotopic (exact) mass is 573 g/mol. The molecule has 39 heavy (non-hydrogen) atoms. The minimum Gasteiger partial charge on any atom is -0.445 e. The Hall–Kier alpha value is -1.57. The normalized spacial score (nSPS) is 12.0. The molecule has 0 saturated heterocycles. The summed E-state index contributed by atoms with van der Waals surface area (Å²) >= 11 is 0. The van der Waals surface area contributed by atoms with E-state index in [-0.39, 0.29) is 11.6 Å². The van der Waals surface area contributed by atoms with Gasteiger partial charge in [-0.15, -0.1) is 0 Å². The number of benzene rings is 1. The van der Waals surface area contributed by atoms with E-state index >= 15 is 0 Å². The summed E-state index contributed by atoms with van der Waals surface area (Å²) in [6.45, 7) is 18.4. The zero-order chi connectivity index (χ0) is 28.7. The standard InChI is InChI=1S/C28H51NO9Si/c1-28(2,3)39(4,5)38-24-23-36-22-21-35-20-19-34-18-17-33-16-15-32-14-13-31-12-11-29-27(30)37-25-26-9-7-6-8-10-26/h6-10H,11-25H2,1-5H3,(H,29,30). The quantitative estimate of drug-likeness (QED) is 0.145. The molecule has 0 aromatic heterocycles. The van der Waals surface area contributed by atoms with Crippen molar-refractivity contribution in [2.24, 2.45) is 0 Å². The molecular formula is C28H51NO9Si. The molecule has 0 saturated carbocycles. The third-order valence-corrected chi connectivity index (χ3v) is 10.6. The Bertz CT molecular complexity index is 717. The van der Waals surface area contributed by atoms with Crippen LogP contribution in [0.2, 0.25) is 18.1 Å². The summed E-state index contributed by atoms with van der Waals surface area (Å²) in [7, 11) is -1.70. The van der Waals surface area contributed by atoms with Gasteiger partial charge in [0.1, 0.15) is 6.61 Å². The lowest BCUT2D eigenvalue weighted by Crippen LogP contribution is -2.41. The van der Waals surface area contributed by atoms with Crippen LogP contribution in [0.15, 0.2) is 30.3 Å². The van der Waals surface area contributed by atoms with Gasteiger partial charge in [-0.25, -0.2) is 4.79 Å². The van der Waals surface area contributed by atoms with Crippen LogP contribution in [0.4, 0.5) is 4.79 Å². The lowest BCUT2D eigenvalue weighted by atomic mass is 10.2. The van der Waals surface area contributed by atoms with E-state index in [1.807, 2.05) is 30.3 Å². The van der Waals surface area contributed by atoms with Crippen LogP contribution in [-0.4, -0.2) is 107 Å². The molecule has 226 valence electrons. The first-order valence-corrected chi connectivity index (χ1v) is 16.7. The molecule has 0 aliphatic heterocycles. The van der Waals surface area contributed by atoms with E-state index in [9.17, 15) is 4.79 Å². The number of hydrogen-bond donors (Lipinski definition) is 1. The molecule has 0 bridgehead atoms. The molecule has 1 aromatic rings. The molecule has 0 heterocycles. The van der Waals surface area contributed by atoms with Gasteiger partial charge in [-0.3, -0.25) is 0 Å². The average molecular weight is 574 g/mol. The van der Waals surface area contributed by atoms with Crippen molar-refractivity contribution >= 4 is 14.4 Å². The van der Waals surface area contributed by atoms with Crippen LogP contribution < -0.4 is 5.32 Å². The van der Waals surface area contributed by atoms with Gasteiger partial charge in [-0.05, 0) is 23.7 Å². The van der Waals surface area contributed by atoms with Gasteiger partial charge in [0, 0.05) is 6.54 Å². The maximum atomic E-state index is 11.6. The van der Waals surface area contributed by atoms with Crippen molar-refractivity contribution in [3.63, 3.8) is 0 Å². The third kappa shape index (κ3) is 20.0. The van der Waals surface area contributed by atoms with Crippen LogP contribution in [0, 0.1) is 0 Å². The van der Waals surface area contributed by atoms with Crippen LogP contribution in [0.25, 0.3) is 0 Å². The molecule has 0 spiro atoms. The minimum atomic E-state index is -1.70. The molecule has 11 heteroatoms. The van der Waals surface area contributed by atoms with Gasteiger partial charge in [0.15, 0.2) is 8.32 Å². The smallest absolute Gasteiger partial charge is 0.407 e. The summed E-state index contributed by atoms with van der Waals surface area (Å²) in [5, 5.41) is 2.86. The summed E-state index contributed by atoms with van der Waals surface area (Å²) in [6.07, 6.45) is -0.462. The predicted octanol–water partition coefficient (Wildman–Crippen LogP) is 4.03. The van der Waals surface area contributed by atoms with E-state index in [1.54, 1.807) is 0 Å². The number of amides is 1. The van der Waals surface area contributed by atoms with Crippen LogP contribution >= 0.6 is 0 Å². The van der Waals surface area contributed by atoms with Crippen LogP contribution in [0.1, 0.15) is 26.3 Å². The maximum Gasteiger partial charge on any atom is 0.407 e. The van der Waals surface area contributed by atoms with Gasteiger partial charge < -0.3 is 42.9 Å². The number of carbonyl (C=O) groups is 1. The predicted molar refractivity (Wildman–Crippen MR) is 153 cm³/mol. The highest BCUT2D eigenvalue weighted by Gasteiger charge is 2.36. The summed E-state index contributed by atoms with van der Waals surface area (Å²) in [5.41, 5.74) is 0.944. The first-order valence-electron chi connectivity index (χ1n) is 13.8. The molecule has 1 N–H and O–H groups in total. The zero-order valence-electron chi connectivity index (χ0n) is 24.7. The highest BCUT2D eigenvalue weighted by molar-refractivity contribution is 6.74. The van der Waals surface area contributed by atoms with E-state index in [2.05, 4.69) is 39.2 Å². The van der Waals surface area contributed by atoms with E-state index in [1.165, 1.54) is 0 Å². The summed E-state index contributed by atoms with van der Waals surface area (Å²) in [6, 6.07) is 9.52. The molecular weight excluding hydrogens is 522 g/mol. The van der Waals surface area contributed by atoms with Crippen molar-refractivity contribution in [1.82, 2.24) is 5.32 Å². The highest BCUT2D eigenvalue weighted by Crippen LogP contribution is 2.36. The third-order valence-electron chi connectivity index (χ3n) is 6.09. The first kappa shape index (κ1) is 35.5. The van der Waals surface area contributed by atoms with Crippen molar-refractivity contribution in [3.8, 4) is 0 Å². The molecule has 0 aliphatic rings. The van der Waals surface area contributed by atoms with E-state index < -0.39 is 14.4 Å². The Balaban J connectivity index is 1.73. The van der Waals surface area contributed by atoms with E-state index in [0.29, 0.717) is 92.4 Å². The zero-order valence-corrected chi connectivity index (χ0v) is 25.7. The number of nitrogens with one attached hydrogen (secondary N) is 1. The lowest BCUT2D eigenvalue weighted by Gasteiger charge is -2.36. The number of hydrogen-bond acceptors (Lipinski definition) is 9. The van der Waals surface area contributed by atoms with Crippen LogP contribution in [0.3, 0.4) is 0 Å². The van der Waals surface area contributed by atoms with Crippen LogP contribution in [0.5, 0.6) is 0 Å². The Labute approximate surface area is 236 Å². The van der Waals surface area contributed by atoms with Crippen molar-refractivity contribution in [1.29, 1.82) is 0 Å². The van der Waals surface area contributed by atoms with Crippen molar-refractivity contribution in [3.05, 3.63) is 35.9 Å². The first-order chi connectivity index (χ1) is 18.7. The molecule has 1 aromatic carbocycles. The molecule has 10 nitrogen and oxygen atoms in total. The fourth-order valence-electron chi connectivity index (χ4n) is 2.77. The molecule has 0 atom stereocenters. The van der Waals surface area contributed by atoms with Gasteiger partial charge in [-0.1, -0.05) is 51.1 Å². The molecule has 0 fully saturated rings. The van der Waals surface area contributed by atoms with Gasteiger partial charge >= 0.3 is 6.09 Å². The Morgan fingerprint density at radius 2 is 1.08 bits per heavy atom. The Kier molecular flexibility index (Phi) is 20.1. The number of carbonyl (C=O) groups excluding carboxylic acids is 1. The number of alkyl carbamates (subject to hydrolysis) is 1. The largest absolute Gasteiger partial charge is 0.445 e. The summed E-state index contributed by atoms with van der Waals surface area (Å²) < 4.78 is 44.1. The Morgan fingerprint density at radius 3 is 1.51 bits per heavy atom. The van der Waals surface area contributed by atoms with E-state index in [0.717, 1.165) is 5.56 Å². The van der Waals surface area contributed by atoms with Gasteiger partial charge in [0.05, 0.1) is 85.9 Å². The number of ether oxygens (including phenoxy) is 7. The van der Waals surface area contributed by atoms with Crippen molar-refractivity contribution in [2.45, 2.75) is 45.5 Å². The highest BCUT2D eigenvalue weighted by atomic mass is 28.4. The Morgan fingerprint density at radius 1 is 0.667 bits per heavy atom. The SMILES string of the molecule is CC(C)(C)[Si](C)(C)OCCOCCOCCOCCOCCOCCOCCNC(=O)OCc1ccccc1. The molecule has 0 unspecified atom stereocenters. The van der Waals surface area contributed by atoms with Crippen molar-refractivity contribution < 1.29 is 42.4 Å². The number of rotatable bonds is 24. The van der Waals surface area contributed by atoms with Crippen LogP contribution in [-0.2, 0) is 44.2 Å². The van der Waals surface area contributed by atoms with Gasteiger partial charge in [0.2, 0.25) is 0 Å².